The van der Waals surface area contributed by atoms with Gasteiger partial charge in [0, 0.05) is 43.9 Å². The Morgan fingerprint density at radius 2 is 2.14 bits per heavy atom. The van der Waals surface area contributed by atoms with Gasteiger partial charge in [-0.15, -0.1) is 6.42 Å². The van der Waals surface area contributed by atoms with E-state index < -0.39 is 6.04 Å². The normalized spacial score (nSPS) is 20.0. The van der Waals surface area contributed by atoms with E-state index >= 15 is 0 Å². The van der Waals surface area contributed by atoms with Crippen molar-refractivity contribution in [3.63, 3.8) is 0 Å². The molecule has 29 heavy (non-hydrogen) atoms. The number of ketones is 1. The van der Waals surface area contributed by atoms with E-state index in [1.807, 2.05) is 18.9 Å². The molecule has 0 spiro atoms. The van der Waals surface area contributed by atoms with Crippen molar-refractivity contribution in [2.24, 2.45) is 15.4 Å². The molecule has 1 heterocycles. The first-order valence-corrected chi connectivity index (χ1v) is 9.92. The molecule has 0 aromatic rings. The second kappa shape index (κ2) is 9.21. The van der Waals surface area contributed by atoms with Crippen LogP contribution in [-0.4, -0.2) is 55.4 Å². The van der Waals surface area contributed by atoms with Gasteiger partial charge in [-0.25, -0.2) is 0 Å². The summed E-state index contributed by atoms with van der Waals surface area (Å²) >= 11 is 0. The number of Topliss-reactive ketones (excluding diaryl/α,β-unsaturated/α-hetero) is 1. The molecular weight excluding hydrogens is 366 g/mol. The second-order valence-corrected chi connectivity index (χ2v) is 8.33. The van der Waals surface area contributed by atoms with Gasteiger partial charge in [0.1, 0.15) is 6.04 Å². The van der Waals surface area contributed by atoms with Crippen LogP contribution in [0.1, 0.15) is 53.4 Å². The van der Waals surface area contributed by atoms with Crippen LogP contribution in [0.5, 0.6) is 0 Å². The zero-order chi connectivity index (χ0) is 21.8. The topological polar surface area (TPSA) is 71.3 Å². The Kier molecular flexibility index (Phi) is 7.18. The Balaban J connectivity index is 2.62. The van der Waals surface area contributed by atoms with E-state index in [-0.39, 0.29) is 23.6 Å². The Hall–Kier alpha value is -2.68. The smallest absolute Gasteiger partial charge is 0.310 e. The van der Waals surface area contributed by atoms with E-state index in [9.17, 15) is 9.59 Å². The van der Waals surface area contributed by atoms with E-state index in [2.05, 4.69) is 24.8 Å². The number of rotatable bonds is 6. The van der Waals surface area contributed by atoms with Gasteiger partial charge in [-0.05, 0) is 36.8 Å². The second-order valence-electron chi connectivity index (χ2n) is 8.33. The molecule has 156 valence electrons. The van der Waals surface area contributed by atoms with Gasteiger partial charge in [-0.1, -0.05) is 19.8 Å². The van der Waals surface area contributed by atoms with Crippen molar-refractivity contribution in [2.45, 2.75) is 59.4 Å². The molecule has 6 heteroatoms. The highest BCUT2D eigenvalue weighted by molar-refractivity contribution is 6.06. The summed E-state index contributed by atoms with van der Waals surface area (Å²) in [4.78, 5) is 35.9. The van der Waals surface area contributed by atoms with Gasteiger partial charge in [0.2, 0.25) is 0 Å². The summed E-state index contributed by atoms with van der Waals surface area (Å²) in [5.41, 5.74) is 3.68. The van der Waals surface area contributed by atoms with Crippen LogP contribution in [-0.2, 0) is 14.3 Å². The predicted molar refractivity (Wildman–Crippen MR) is 116 cm³/mol. The van der Waals surface area contributed by atoms with E-state index in [0.29, 0.717) is 30.7 Å². The lowest BCUT2D eigenvalue weighted by molar-refractivity contribution is -0.142. The minimum atomic E-state index is -0.442. The number of hydrogen-bond donors (Lipinski definition) is 0. The summed E-state index contributed by atoms with van der Waals surface area (Å²) in [6.07, 6.45) is 9.20. The van der Waals surface area contributed by atoms with Crippen molar-refractivity contribution >= 4 is 23.8 Å². The molecule has 1 atom stereocenters. The Morgan fingerprint density at radius 1 is 1.45 bits per heavy atom. The van der Waals surface area contributed by atoms with Crippen LogP contribution in [0.25, 0.3) is 0 Å². The average Bonchev–Trinajstić information content (AvgIpc) is 2.73. The van der Waals surface area contributed by atoms with Gasteiger partial charge in [0.15, 0.2) is 5.78 Å². The maximum atomic E-state index is 13.0. The van der Waals surface area contributed by atoms with Crippen molar-refractivity contribution < 1.29 is 14.3 Å². The highest BCUT2D eigenvalue weighted by Crippen LogP contribution is 2.42. The van der Waals surface area contributed by atoms with Crippen LogP contribution in [0.3, 0.4) is 0 Å². The summed E-state index contributed by atoms with van der Waals surface area (Å²) in [6.45, 7) is 8.11. The molecular formula is C23H31N3O3. The first kappa shape index (κ1) is 22.6. The number of terminal acetylenes is 1. The van der Waals surface area contributed by atoms with E-state index in [4.69, 9.17) is 16.2 Å². The quantitative estimate of drug-likeness (QED) is 0.298. The molecule has 0 bridgehead atoms. The van der Waals surface area contributed by atoms with Gasteiger partial charge in [0.25, 0.3) is 0 Å². The summed E-state index contributed by atoms with van der Waals surface area (Å²) < 4.78 is 5.18. The first-order chi connectivity index (χ1) is 13.6. The third-order valence-corrected chi connectivity index (χ3v) is 5.28. The van der Waals surface area contributed by atoms with Gasteiger partial charge in [0.05, 0.1) is 19.4 Å². The molecule has 1 aliphatic carbocycles. The van der Waals surface area contributed by atoms with Crippen LogP contribution >= 0.6 is 0 Å². The van der Waals surface area contributed by atoms with Crippen LogP contribution < -0.4 is 0 Å². The third kappa shape index (κ3) is 5.23. The number of nitrogens with zero attached hydrogens (tertiary/aromatic N) is 3. The fraction of sp³-hybridized carbons (Fsp3) is 0.565. The molecule has 0 aromatic heterocycles. The largest absolute Gasteiger partial charge is 0.466 e. The fourth-order valence-electron chi connectivity index (χ4n) is 4.00. The minimum Gasteiger partial charge on any atom is -0.466 e. The first-order valence-electron chi connectivity index (χ1n) is 9.92. The van der Waals surface area contributed by atoms with E-state index in [1.165, 1.54) is 0 Å². The van der Waals surface area contributed by atoms with Crippen LogP contribution in [0, 0.1) is 17.8 Å². The summed E-state index contributed by atoms with van der Waals surface area (Å²) in [5, 5.41) is 0. The SMILES string of the molecule is C#CC(C1=C(CC(=O)OCC)C(C)=NC2=C(C1)C(=O)CC(C)(C)C2)N(C)C=NC. The third-order valence-electron chi connectivity index (χ3n) is 5.28. The Morgan fingerprint density at radius 3 is 2.72 bits per heavy atom. The number of ether oxygens (including phenoxy) is 1. The van der Waals surface area contributed by atoms with Gasteiger partial charge >= 0.3 is 5.97 Å². The number of carbonyl (C=O) groups is 2. The standard InChI is InChI=1S/C23H31N3O3/c1-8-20(26(7)14-24-6)17-10-18-19(12-23(4,5)13-21(18)27)25-15(3)16(17)11-22(28)29-9-2/h1,14,20H,9-13H2,2-7H3. The van der Waals surface area contributed by atoms with Gasteiger partial charge in [-0.2, -0.15) is 0 Å². The van der Waals surface area contributed by atoms with E-state index in [1.54, 1.807) is 20.3 Å². The van der Waals surface area contributed by atoms with Crippen molar-refractivity contribution in [1.29, 1.82) is 0 Å². The molecule has 0 saturated carbocycles. The lowest BCUT2D eigenvalue weighted by atomic mass is 9.74. The molecule has 0 radical (unpaired) electrons. The number of esters is 1. The Bertz CT molecular complexity index is 853. The fourth-order valence-corrected chi connectivity index (χ4v) is 4.00. The van der Waals surface area contributed by atoms with Crippen molar-refractivity contribution in [3.8, 4) is 12.3 Å². The number of allylic oxidation sites excluding steroid dienone is 2. The summed E-state index contributed by atoms with van der Waals surface area (Å²) in [6, 6.07) is -0.442. The maximum absolute atomic E-state index is 13.0. The molecule has 0 fully saturated rings. The summed E-state index contributed by atoms with van der Waals surface area (Å²) in [5.74, 6) is 2.57. The zero-order valence-corrected chi connectivity index (χ0v) is 18.3. The lowest BCUT2D eigenvalue weighted by Crippen LogP contribution is -2.33. The number of likely N-dealkylation sites (N-methyl/N-ethyl adjacent to an activating group) is 1. The lowest BCUT2D eigenvalue weighted by Gasteiger charge is -2.31. The maximum Gasteiger partial charge on any atom is 0.310 e. The van der Waals surface area contributed by atoms with Crippen LogP contribution in [0.2, 0.25) is 0 Å². The van der Waals surface area contributed by atoms with E-state index in [0.717, 1.165) is 23.3 Å². The number of hydrogen-bond acceptors (Lipinski definition) is 5. The molecule has 1 aliphatic heterocycles. The molecule has 2 aliphatic rings. The highest BCUT2D eigenvalue weighted by atomic mass is 16.5. The van der Waals surface area contributed by atoms with Crippen molar-refractivity contribution in [2.75, 3.05) is 20.7 Å². The van der Waals surface area contributed by atoms with Gasteiger partial charge < -0.3 is 9.64 Å². The molecule has 2 rings (SSSR count). The zero-order valence-electron chi connectivity index (χ0n) is 18.3. The Labute approximate surface area is 173 Å². The van der Waals surface area contributed by atoms with Crippen molar-refractivity contribution in [1.82, 2.24) is 4.90 Å². The number of aliphatic imine (C=N–C) groups is 2. The predicted octanol–water partition coefficient (Wildman–Crippen LogP) is 3.34. The molecule has 1 unspecified atom stereocenters. The monoisotopic (exact) mass is 397 g/mol. The molecule has 0 amide bonds. The number of carbonyl (C=O) groups excluding carboxylic acids is 2. The average molecular weight is 398 g/mol. The highest BCUT2D eigenvalue weighted by Gasteiger charge is 2.36. The molecule has 0 saturated heterocycles. The molecule has 0 N–H and O–H groups in total. The molecule has 0 aromatic carbocycles. The van der Waals surface area contributed by atoms with Crippen molar-refractivity contribution in [3.05, 3.63) is 22.4 Å². The summed E-state index contributed by atoms with van der Waals surface area (Å²) in [7, 11) is 3.51. The minimum absolute atomic E-state index is 0.0753. The van der Waals surface area contributed by atoms with Gasteiger partial charge in [-0.3, -0.25) is 19.6 Å². The van der Waals surface area contributed by atoms with Crippen LogP contribution in [0.15, 0.2) is 32.4 Å². The van der Waals surface area contributed by atoms with Crippen LogP contribution in [0.4, 0.5) is 0 Å². The molecule has 6 nitrogen and oxygen atoms in total.